The molecule has 0 atom stereocenters. The predicted molar refractivity (Wildman–Crippen MR) is 89.3 cm³/mol. The normalized spacial score (nSPS) is 15.8. The average molecular weight is 304 g/mol. The molecule has 0 saturated heterocycles. The van der Waals surface area contributed by atoms with Crippen LogP contribution in [0.5, 0.6) is 0 Å². The minimum atomic E-state index is -0.956. The quantitative estimate of drug-likeness (QED) is 0.588. The minimum absolute atomic E-state index is 0.467. The molecule has 4 nitrogen and oxygen atoms in total. The zero-order chi connectivity index (χ0) is 15.1. The van der Waals surface area contributed by atoms with E-state index in [1.165, 1.54) is 32.1 Å². The molecule has 112 valence electrons. The van der Waals surface area contributed by atoms with Crippen LogP contribution in [0.15, 0.2) is 30.3 Å². The fourth-order valence-corrected chi connectivity index (χ4v) is 2.77. The van der Waals surface area contributed by atoms with E-state index in [0.717, 1.165) is 17.3 Å². The van der Waals surface area contributed by atoms with Crippen molar-refractivity contribution in [2.75, 3.05) is 5.32 Å². The molecular formula is C16H20N2O2S. The van der Waals surface area contributed by atoms with Gasteiger partial charge in [-0.15, -0.1) is 0 Å². The molecule has 0 aromatic heterocycles. The van der Waals surface area contributed by atoms with Gasteiger partial charge in [-0.1, -0.05) is 31.4 Å². The highest BCUT2D eigenvalue weighted by Gasteiger charge is 2.13. The Morgan fingerprint density at radius 3 is 2.76 bits per heavy atom. The Morgan fingerprint density at radius 2 is 2.05 bits per heavy atom. The van der Waals surface area contributed by atoms with E-state index in [-0.39, 0.29) is 0 Å². The highest BCUT2D eigenvalue weighted by molar-refractivity contribution is 7.80. The molecular weight excluding hydrogens is 284 g/mol. The lowest BCUT2D eigenvalue weighted by Gasteiger charge is -2.24. The predicted octanol–water partition coefficient (Wildman–Crippen LogP) is 3.40. The summed E-state index contributed by atoms with van der Waals surface area (Å²) in [5, 5.41) is 15.8. The van der Waals surface area contributed by atoms with Gasteiger partial charge >= 0.3 is 5.97 Å². The Bertz CT molecular complexity index is 537. The molecule has 0 unspecified atom stereocenters. The molecule has 2 rings (SSSR count). The van der Waals surface area contributed by atoms with Gasteiger partial charge < -0.3 is 15.7 Å². The maximum Gasteiger partial charge on any atom is 0.328 e. The summed E-state index contributed by atoms with van der Waals surface area (Å²) < 4.78 is 0. The molecule has 0 bridgehead atoms. The van der Waals surface area contributed by atoms with Gasteiger partial charge in [-0.05, 0) is 48.8 Å². The monoisotopic (exact) mass is 304 g/mol. The van der Waals surface area contributed by atoms with Crippen LogP contribution in [0.3, 0.4) is 0 Å². The van der Waals surface area contributed by atoms with Crippen molar-refractivity contribution in [1.29, 1.82) is 0 Å². The summed E-state index contributed by atoms with van der Waals surface area (Å²) in [6.07, 6.45) is 8.86. The molecule has 5 heteroatoms. The van der Waals surface area contributed by atoms with Gasteiger partial charge in [0.15, 0.2) is 5.11 Å². The third kappa shape index (κ3) is 5.55. The number of nitrogens with one attached hydrogen (secondary N) is 2. The van der Waals surface area contributed by atoms with Gasteiger partial charge in [0.1, 0.15) is 0 Å². The molecule has 1 aliphatic rings. The van der Waals surface area contributed by atoms with Crippen LogP contribution in [-0.2, 0) is 4.79 Å². The third-order valence-corrected chi connectivity index (χ3v) is 3.72. The van der Waals surface area contributed by atoms with E-state index in [1.807, 2.05) is 24.3 Å². The van der Waals surface area contributed by atoms with Gasteiger partial charge in [-0.25, -0.2) is 4.79 Å². The van der Waals surface area contributed by atoms with Crippen LogP contribution < -0.4 is 10.6 Å². The number of anilines is 1. The molecule has 21 heavy (non-hydrogen) atoms. The number of benzene rings is 1. The number of rotatable bonds is 4. The van der Waals surface area contributed by atoms with Crippen molar-refractivity contribution in [3.63, 3.8) is 0 Å². The smallest absolute Gasteiger partial charge is 0.328 e. The zero-order valence-corrected chi connectivity index (χ0v) is 12.7. The van der Waals surface area contributed by atoms with Crippen LogP contribution >= 0.6 is 12.2 Å². The molecule has 0 radical (unpaired) electrons. The first-order valence-electron chi connectivity index (χ1n) is 7.22. The van der Waals surface area contributed by atoms with Gasteiger partial charge in [0.25, 0.3) is 0 Å². The summed E-state index contributed by atoms with van der Waals surface area (Å²) in [6.45, 7) is 0. The van der Waals surface area contributed by atoms with E-state index in [2.05, 4.69) is 10.6 Å². The largest absolute Gasteiger partial charge is 0.478 e. The number of carbonyl (C=O) groups is 1. The summed E-state index contributed by atoms with van der Waals surface area (Å²) in [5.74, 6) is -0.956. The van der Waals surface area contributed by atoms with Crippen molar-refractivity contribution in [1.82, 2.24) is 5.32 Å². The second kappa shape index (κ2) is 7.78. The Morgan fingerprint density at radius 1 is 1.29 bits per heavy atom. The van der Waals surface area contributed by atoms with Gasteiger partial charge in [-0.2, -0.15) is 0 Å². The fraction of sp³-hybridized carbons (Fsp3) is 0.375. The number of hydrogen-bond donors (Lipinski definition) is 3. The second-order valence-electron chi connectivity index (χ2n) is 5.23. The van der Waals surface area contributed by atoms with Crippen molar-refractivity contribution < 1.29 is 9.90 Å². The average Bonchev–Trinajstić information content (AvgIpc) is 2.46. The third-order valence-electron chi connectivity index (χ3n) is 3.50. The van der Waals surface area contributed by atoms with E-state index in [4.69, 9.17) is 17.3 Å². The number of thiocarbonyl (C=S) groups is 1. The van der Waals surface area contributed by atoms with Gasteiger partial charge in [0.2, 0.25) is 0 Å². The van der Waals surface area contributed by atoms with Gasteiger partial charge in [0, 0.05) is 17.8 Å². The van der Waals surface area contributed by atoms with Gasteiger partial charge in [-0.3, -0.25) is 0 Å². The maximum absolute atomic E-state index is 10.5. The summed E-state index contributed by atoms with van der Waals surface area (Å²) in [5.41, 5.74) is 1.68. The Balaban J connectivity index is 1.90. The number of aliphatic carboxylic acids is 1. The Kier molecular flexibility index (Phi) is 5.75. The van der Waals surface area contributed by atoms with E-state index in [0.29, 0.717) is 11.2 Å². The van der Waals surface area contributed by atoms with Crippen LogP contribution in [0.2, 0.25) is 0 Å². The molecule has 0 aliphatic heterocycles. The fourth-order valence-electron chi connectivity index (χ4n) is 2.49. The highest BCUT2D eigenvalue weighted by Crippen LogP contribution is 2.18. The molecule has 1 aromatic rings. The first-order chi connectivity index (χ1) is 10.1. The summed E-state index contributed by atoms with van der Waals surface area (Å²) >= 11 is 5.33. The molecule has 0 spiro atoms. The van der Waals surface area contributed by atoms with E-state index in [1.54, 1.807) is 6.08 Å². The van der Waals surface area contributed by atoms with Crippen molar-refractivity contribution in [2.24, 2.45) is 0 Å². The van der Waals surface area contributed by atoms with Crippen LogP contribution in [0.4, 0.5) is 5.69 Å². The van der Waals surface area contributed by atoms with Crippen molar-refractivity contribution in [3.05, 3.63) is 35.9 Å². The molecule has 1 saturated carbocycles. The SMILES string of the molecule is O=C(O)/C=C/c1cccc(NC(=S)NC2CCCCC2)c1. The summed E-state index contributed by atoms with van der Waals surface area (Å²) in [6, 6.07) is 7.96. The number of hydrogen-bond acceptors (Lipinski definition) is 2. The van der Waals surface area contributed by atoms with Crippen molar-refractivity contribution in [2.45, 2.75) is 38.1 Å². The van der Waals surface area contributed by atoms with Gasteiger partial charge in [0.05, 0.1) is 0 Å². The number of carboxylic acids is 1. The molecule has 3 N–H and O–H groups in total. The molecule has 0 heterocycles. The minimum Gasteiger partial charge on any atom is -0.478 e. The lowest BCUT2D eigenvalue weighted by atomic mass is 9.96. The maximum atomic E-state index is 10.5. The van der Waals surface area contributed by atoms with Crippen LogP contribution in [0.1, 0.15) is 37.7 Å². The van der Waals surface area contributed by atoms with E-state index >= 15 is 0 Å². The summed E-state index contributed by atoms with van der Waals surface area (Å²) in [7, 11) is 0. The molecule has 1 aliphatic carbocycles. The lowest BCUT2D eigenvalue weighted by Crippen LogP contribution is -2.38. The van der Waals surface area contributed by atoms with Crippen LogP contribution in [0, 0.1) is 0 Å². The first kappa shape index (κ1) is 15.5. The topological polar surface area (TPSA) is 61.4 Å². The second-order valence-corrected chi connectivity index (χ2v) is 5.64. The first-order valence-corrected chi connectivity index (χ1v) is 7.63. The van der Waals surface area contributed by atoms with Crippen molar-refractivity contribution in [3.8, 4) is 0 Å². The number of carboxylic acid groups (broad SMARTS) is 1. The van der Waals surface area contributed by atoms with E-state index < -0.39 is 5.97 Å². The standard InChI is InChI=1S/C16H20N2O2S/c19-15(20)10-9-12-5-4-8-14(11-12)18-16(21)17-13-6-2-1-3-7-13/h4-5,8-11,13H,1-3,6-7H2,(H,19,20)(H2,17,18,21)/b10-9+. The Labute approximate surface area is 130 Å². The molecule has 1 fully saturated rings. The summed E-state index contributed by atoms with van der Waals surface area (Å²) in [4.78, 5) is 10.5. The highest BCUT2D eigenvalue weighted by atomic mass is 32.1. The van der Waals surface area contributed by atoms with Crippen LogP contribution in [-0.4, -0.2) is 22.2 Å². The van der Waals surface area contributed by atoms with Crippen LogP contribution in [0.25, 0.3) is 6.08 Å². The molecule has 0 amide bonds. The van der Waals surface area contributed by atoms with Crippen molar-refractivity contribution >= 4 is 35.1 Å². The Hall–Kier alpha value is -1.88. The lowest BCUT2D eigenvalue weighted by molar-refractivity contribution is -0.131. The zero-order valence-electron chi connectivity index (χ0n) is 11.8. The molecule has 1 aromatic carbocycles. The van der Waals surface area contributed by atoms with E-state index in [9.17, 15) is 4.79 Å².